The molecule has 132 valence electrons. The first kappa shape index (κ1) is 17.1. The second kappa shape index (κ2) is 6.61. The lowest BCUT2D eigenvalue weighted by atomic mass is 9.74. The van der Waals surface area contributed by atoms with Crippen molar-refractivity contribution in [2.75, 3.05) is 6.54 Å². The van der Waals surface area contributed by atoms with Crippen LogP contribution in [0.1, 0.15) is 69.1 Å². The summed E-state index contributed by atoms with van der Waals surface area (Å²) in [6, 6.07) is 1.98. The van der Waals surface area contributed by atoms with Gasteiger partial charge in [0.05, 0.1) is 12.6 Å². The van der Waals surface area contributed by atoms with Crippen LogP contribution in [0.3, 0.4) is 0 Å². The van der Waals surface area contributed by atoms with Gasteiger partial charge in [-0.1, -0.05) is 26.7 Å². The van der Waals surface area contributed by atoms with E-state index in [4.69, 9.17) is 4.42 Å². The molecule has 0 aliphatic heterocycles. The normalized spacial score (nSPS) is 22.9. The van der Waals surface area contributed by atoms with Gasteiger partial charge in [0.15, 0.2) is 0 Å². The van der Waals surface area contributed by atoms with Gasteiger partial charge in [-0.05, 0) is 37.7 Å². The first-order valence-electron chi connectivity index (χ1n) is 9.00. The minimum absolute atomic E-state index is 0.0199. The van der Waals surface area contributed by atoms with E-state index < -0.39 is 0 Å². The van der Waals surface area contributed by atoms with Gasteiger partial charge in [-0.25, -0.2) is 0 Å². The summed E-state index contributed by atoms with van der Waals surface area (Å²) in [6.07, 6.45) is 5.89. The van der Waals surface area contributed by atoms with Crippen molar-refractivity contribution in [3.63, 3.8) is 0 Å². The molecular weight excluding hydrogens is 304 g/mol. The lowest BCUT2D eigenvalue weighted by Gasteiger charge is -2.34. The van der Waals surface area contributed by atoms with Crippen molar-refractivity contribution in [1.82, 2.24) is 10.6 Å². The van der Waals surface area contributed by atoms with Gasteiger partial charge in [0.25, 0.3) is 0 Å². The maximum absolute atomic E-state index is 12.3. The summed E-state index contributed by atoms with van der Waals surface area (Å²) in [6.45, 7) is 6.37. The SMILES string of the molecule is Cc1cc2c(o1)CC(C)(C)CC2NC(=O)CNC(=O)C1CCCC1. The van der Waals surface area contributed by atoms with Gasteiger partial charge in [0.1, 0.15) is 11.5 Å². The van der Waals surface area contributed by atoms with Gasteiger partial charge >= 0.3 is 0 Å². The van der Waals surface area contributed by atoms with Crippen LogP contribution in [0.2, 0.25) is 0 Å². The summed E-state index contributed by atoms with van der Waals surface area (Å²) in [7, 11) is 0. The highest BCUT2D eigenvalue weighted by Gasteiger charge is 2.35. The second-order valence-electron chi connectivity index (χ2n) is 8.10. The summed E-state index contributed by atoms with van der Waals surface area (Å²) in [5, 5.41) is 5.87. The number of fused-ring (bicyclic) bond motifs is 1. The molecule has 0 radical (unpaired) electrons. The molecule has 2 aliphatic carbocycles. The molecule has 1 atom stereocenters. The Morgan fingerprint density at radius 2 is 2.00 bits per heavy atom. The molecule has 5 heteroatoms. The van der Waals surface area contributed by atoms with Crippen LogP contribution in [-0.2, 0) is 16.0 Å². The first-order chi connectivity index (χ1) is 11.3. The zero-order valence-corrected chi connectivity index (χ0v) is 14.9. The fraction of sp³-hybridized carbons (Fsp3) is 0.684. The Balaban J connectivity index is 1.58. The van der Waals surface area contributed by atoms with Crippen LogP contribution in [0.15, 0.2) is 10.5 Å². The third kappa shape index (κ3) is 3.82. The minimum atomic E-state index is -0.131. The van der Waals surface area contributed by atoms with Crippen molar-refractivity contribution < 1.29 is 14.0 Å². The molecule has 0 spiro atoms. The molecule has 5 nitrogen and oxygen atoms in total. The molecule has 1 fully saturated rings. The van der Waals surface area contributed by atoms with E-state index in [-0.39, 0.29) is 35.7 Å². The number of nitrogens with one attached hydrogen (secondary N) is 2. The van der Waals surface area contributed by atoms with E-state index in [0.717, 1.165) is 55.6 Å². The summed E-state index contributed by atoms with van der Waals surface area (Å²) in [5.74, 6) is 1.84. The Morgan fingerprint density at radius 3 is 2.71 bits per heavy atom. The van der Waals surface area contributed by atoms with Gasteiger partial charge in [0.2, 0.25) is 11.8 Å². The smallest absolute Gasteiger partial charge is 0.239 e. The topological polar surface area (TPSA) is 71.3 Å². The van der Waals surface area contributed by atoms with Crippen LogP contribution in [0.25, 0.3) is 0 Å². The standard InChI is InChI=1S/C19H28N2O3/c1-12-8-14-15(9-19(2,3)10-16(14)24-12)21-17(22)11-20-18(23)13-6-4-5-7-13/h8,13,15H,4-7,9-11H2,1-3H3,(H,20,23)(H,21,22). The van der Waals surface area contributed by atoms with E-state index in [1.165, 1.54) is 0 Å². The van der Waals surface area contributed by atoms with E-state index in [2.05, 4.69) is 24.5 Å². The van der Waals surface area contributed by atoms with Crippen molar-refractivity contribution >= 4 is 11.8 Å². The highest BCUT2D eigenvalue weighted by atomic mass is 16.3. The molecule has 1 heterocycles. The summed E-state index contributed by atoms with van der Waals surface area (Å²) in [5.41, 5.74) is 1.17. The second-order valence-corrected chi connectivity index (χ2v) is 8.10. The van der Waals surface area contributed by atoms with E-state index in [9.17, 15) is 9.59 Å². The number of carbonyl (C=O) groups is 2. The molecule has 2 N–H and O–H groups in total. The number of hydrogen-bond acceptors (Lipinski definition) is 3. The van der Waals surface area contributed by atoms with Gasteiger partial charge < -0.3 is 15.1 Å². The lowest BCUT2D eigenvalue weighted by molar-refractivity contribution is -0.128. The third-order valence-electron chi connectivity index (χ3n) is 5.22. The molecule has 1 unspecified atom stereocenters. The van der Waals surface area contributed by atoms with Crippen LogP contribution in [-0.4, -0.2) is 18.4 Å². The lowest BCUT2D eigenvalue weighted by Crippen LogP contribution is -2.42. The van der Waals surface area contributed by atoms with Gasteiger partial charge in [-0.3, -0.25) is 9.59 Å². The van der Waals surface area contributed by atoms with Crippen LogP contribution in [0.5, 0.6) is 0 Å². The fourth-order valence-corrected chi connectivity index (χ4v) is 4.06. The van der Waals surface area contributed by atoms with Gasteiger partial charge in [-0.15, -0.1) is 0 Å². The number of aryl methyl sites for hydroxylation is 1. The Morgan fingerprint density at radius 1 is 1.29 bits per heavy atom. The first-order valence-corrected chi connectivity index (χ1v) is 9.00. The number of hydrogen-bond donors (Lipinski definition) is 2. The average molecular weight is 332 g/mol. The number of rotatable bonds is 4. The van der Waals surface area contributed by atoms with E-state index in [0.29, 0.717) is 0 Å². The maximum atomic E-state index is 12.3. The Labute approximate surface area is 143 Å². The van der Waals surface area contributed by atoms with Gasteiger partial charge in [0, 0.05) is 17.9 Å². The number of carbonyl (C=O) groups excluding carboxylic acids is 2. The molecule has 1 saturated carbocycles. The molecule has 0 aromatic carbocycles. The van der Waals surface area contributed by atoms with Crippen molar-refractivity contribution in [3.8, 4) is 0 Å². The van der Waals surface area contributed by atoms with Gasteiger partial charge in [-0.2, -0.15) is 0 Å². The Hall–Kier alpha value is -1.78. The largest absolute Gasteiger partial charge is 0.466 e. The van der Waals surface area contributed by atoms with Crippen molar-refractivity contribution in [2.24, 2.45) is 11.3 Å². The molecule has 24 heavy (non-hydrogen) atoms. The highest BCUT2D eigenvalue weighted by molar-refractivity contribution is 5.86. The van der Waals surface area contributed by atoms with Crippen LogP contribution in [0, 0.1) is 18.3 Å². The Kier molecular flexibility index (Phi) is 4.70. The van der Waals surface area contributed by atoms with Crippen molar-refractivity contribution in [2.45, 2.75) is 65.3 Å². The minimum Gasteiger partial charge on any atom is -0.466 e. The van der Waals surface area contributed by atoms with E-state index in [1.54, 1.807) is 0 Å². The van der Waals surface area contributed by atoms with Crippen LogP contribution >= 0.6 is 0 Å². The van der Waals surface area contributed by atoms with E-state index >= 15 is 0 Å². The summed E-state index contributed by atoms with van der Waals surface area (Å²) >= 11 is 0. The van der Waals surface area contributed by atoms with Crippen molar-refractivity contribution in [3.05, 3.63) is 23.2 Å². The average Bonchev–Trinajstić information content (AvgIpc) is 3.12. The quantitative estimate of drug-likeness (QED) is 0.890. The Bertz CT molecular complexity index is 627. The molecule has 2 amide bonds. The highest BCUT2D eigenvalue weighted by Crippen LogP contribution is 2.41. The third-order valence-corrected chi connectivity index (χ3v) is 5.22. The zero-order valence-electron chi connectivity index (χ0n) is 14.9. The predicted molar refractivity (Wildman–Crippen MR) is 91.4 cm³/mol. The predicted octanol–water partition coefficient (Wildman–Crippen LogP) is 3.02. The molecule has 0 saturated heterocycles. The molecule has 0 bridgehead atoms. The molecular formula is C19H28N2O3. The fourth-order valence-electron chi connectivity index (χ4n) is 4.06. The summed E-state index contributed by atoms with van der Waals surface area (Å²) < 4.78 is 5.80. The maximum Gasteiger partial charge on any atom is 0.239 e. The van der Waals surface area contributed by atoms with Crippen LogP contribution < -0.4 is 10.6 Å². The number of amides is 2. The molecule has 3 rings (SSSR count). The van der Waals surface area contributed by atoms with E-state index in [1.807, 2.05) is 13.0 Å². The van der Waals surface area contributed by atoms with Crippen molar-refractivity contribution in [1.29, 1.82) is 0 Å². The van der Waals surface area contributed by atoms with Crippen LogP contribution in [0.4, 0.5) is 0 Å². The zero-order chi connectivity index (χ0) is 17.3. The monoisotopic (exact) mass is 332 g/mol. The molecule has 2 aliphatic rings. The molecule has 1 aromatic heterocycles. The number of furan rings is 1. The molecule has 1 aromatic rings. The summed E-state index contributed by atoms with van der Waals surface area (Å²) in [4.78, 5) is 24.3.